The third kappa shape index (κ3) is 4.80. The molecular formula is C15H18N2O4. The molecule has 21 heavy (non-hydrogen) atoms. The standard InChI is InChI=1S/C15H18N2O4/c1-3-8-15(2,14(19)20)17-13(18)10-21-12-6-4-11(9-16)5-7-12/h4-7H,3,8,10H2,1-2H3,(H,17,18)(H,19,20). The van der Waals surface area contributed by atoms with E-state index in [1.165, 1.54) is 6.92 Å². The average Bonchev–Trinajstić information content (AvgIpc) is 2.45. The van der Waals surface area contributed by atoms with E-state index >= 15 is 0 Å². The first-order valence-corrected chi connectivity index (χ1v) is 6.58. The Morgan fingerprint density at radius 2 is 2.00 bits per heavy atom. The van der Waals surface area contributed by atoms with Gasteiger partial charge in [0.25, 0.3) is 5.91 Å². The Labute approximate surface area is 123 Å². The van der Waals surface area contributed by atoms with Crippen molar-refractivity contribution in [3.8, 4) is 11.8 Å². The Balaban J connectivity index is 2.56. The summed E-state index contributed by atoms with van der Waals surface area (Å²) in [5.74, 6) is -1.13. The fourth-order valence-corrected chi connectivity index (χ4v) is 1.84. The molecule has 0 saturated heterocycles. The fourth-order valence-electron chi connectivity index (χ4n) is 1.84. The van der Waals surface area contributed by atoms with Gasteiger partial charge in [-0.2, -0.15) is 5.26 Å². The van der Waals surface area contributed by atoms with Gasteiger partial charge in [0.2, 0.25) is 0 Å². The van der Waals surface area contributed by atoms with Gasteiger partial charge in [-0.25, -0.2) is 4.79 Å². The van der Waals surface area contributed by atoms with E-state index in [0.717, 1.165) is 0 Å². The van der Waals surface area contributed by atoms with Crippen molar-refractivity contribution >= 4 is 11.9 Å². The van der Waals surface area contributed by atoms with E-state index in [1.54, 1.807) is 24.3 Å². The molecule has 0 aliphatic carbocycles. The Kier molecular flexibility index (Phi) is 5.73. The van der Waals surface area contributed by atoms with Crippen molar-refractivity contribution in [2.24, 2.45) is 0 Å². The zero-order valence-electron chi connectivity index (χ0n) is 12.0. The highest BCUT2D eigenvalue weighted by Gasteiger charge is 2.33. The molecule has 0 heterocycles. The molecule has 6 heteroatoms. The van der Waals surface area contributed by atoms with E-state index < -0.39 is 17.4 Å². The fraction of sp³-hybridized carbons (Fsp3) is 0.400. The minimum atomic E-state index is -1.29. The summed E-state index contributed by atoms with van der Waals surface area (Å²) in [5, 5.41) is 20.3. The minimum absolute atomic E-state index is 0.279. The molecule has 0 spiro atoms. The molecule has 6 nitrogen and oxygen atoms in total. The second kappa shape index (κ2) is 7.29. The van der Waals surface area contributed by atoms with Crippen LogP contribution in [0.15, 0.2) is 24.3 Å². The largest absolute Gasteiger partial charge is 0.484 e. The van der Waals surface area contributed by atoms with Gasteiger partial charge >= 0.3 is 5.97 Å². The number of ether oxygens (including phenoxy) is 1. The lowest BCUT2D eigenvalue weighted by atomic mass is 9.96. The van der Waals surface area contributed by atoms with Gasteiger partial charge in [0.1, 0.15) is 11.3 Å². The van der Waals surface area contributed by atoms with Gasteiger partial charge in [0.05, 0.1) is 11.6 Å². The Hall–Kier alpha value is -2.55. The van der Waals surface area contributed by atoms with Crippen LogP contribution in [0.1, 0.15) is 32.3 Å². The molecule has 0 saturated carbocycles. The van der Waals surface area contributed by atoms with E-state index in [-0.39, 0.29) is 6.61 Å². The average molecular weight is 290 g/mol. The van der Waals surface area contributed by atoms with E-state index in [0.29, 0.717) is 24.2 Å². The summed E-state index contributed by atoms with van der Waals surface area (Å²) in [4.78, 5) is 23.0. The Morgan fingerprint density at radius 1 is 1.38 bits per heavy atom. The summed E-state index contributed by atoms with van der Waals surface area (Å²) in [6, 6.07) is 8.28. The van der Waals surface area contributed by atoms with Crippen molar-refractivity contribution < 1.29 is 19.4 Å². The third-order valence-corrected chi connectivity index (χ3v) is 2.99. The second-order valence-electron chi connectivity index (χ2n) is 4.86. The predicted octanol–water partition coefficient (Wildman–Crippen LogP) is 1.70. The quantitative estimate of drug-likeness (QED) is 0.796. The molecule has 1 aromatic carbocycles. The summed E-state index contributed by atoms with van der Waals surface area (Å²) < 4.78 is 5.26. The minimum Gasteiger partial charge on any atom is -0.484 e. The number of hydrogen-bond donors (Lipinski definition) is 2. The lowest BCUT2D eigenvalue weighted by Crippen LogP contribution is -2.53. The molecule has 0 aliphatic heterocycles. The third-order valence-electron chi connectivity index (χ3n) is 2.99. The maximum atomic E-state index is 11.8. The van der Waals surface area contributed by atoms with Crippen LogP contribution in [-0.2, 0) is 9.59 Å². The molecule has 1 atom stereocenters. The molecule has 0 aromatic heterocycles. The first-order valence-electron chi connectivity index (χ1n) is 6.58. The van der Waals surface area contributed by atoms with Crippen LogP contribution >= 0.6 is 0 Å². The van der Waals surface area contributed by atoms with Crippen molar-refractivity contribution in [2.45, 2.75) is 32.2 Å². The Morgan fingerprint density at radius 3 is 2.48 bits per heavy atom. The maximum Gasteiger partial charge on any atom is 0.329 e. The number of rotatable bonds is 7. The Bertz CT molecular complexity index is 548. The smallest absolute Gasteiger partial charge is 0.329 e. The summed E-state index contributed by atoms with van der Waals surface area (Å²) in [5.41, 5.74) is -0.798. The lowest BCUT2D eigenvalue weighted by molar-refractivity contribution is -0.147. The number of amides is 1. The number of carboxylic acid groups (broad SMARTS) is 1. The summed E-state index contributed by atoms with van der Waals surface area (Å²) in [6.45, 7) is 3.04. The molecule has 112 valence electrons. The second-order valence-corrected chi connectivity index (χ2v) is 4.86. The van der Waals surface area contributed by atoms with Crippen LogP contribution in [0.5, 0.6) is 5.75 Å². The summed E-state index contributed by atoms with van der Waals surface area (Å²) in [6.07, 6.45) is 0.977. The van der Waals surface area contributed by atoms with Gasteiger partial charge < -0.3 is 15.2 Å². The number of benzene rings is 1. The molecule has 1 aromatic rings. The van der Waals surface area contributed by atoms with Crippen molar-refractivity contribution in [2.75, 3.05) is 6.61 Å². The van der Waals surface area contributed by atoms with E-state index in [2.05, 4.69) is 5.32 Å². The molecule has 0 fully saturated rings. The maximum absolute atomic E-state index is 11.8. The van der Waals surface area contributed by atoms with Crippen LogP contribution in [0, 0.1) is 11.3 Å². The van der Waals surface area contributed by atoms with Crippen LogP contribution in [0.2, 0.25) is 0 Å². The van der Waals surface area contributed by atoms with Gasteiger partial charge in [0, 0.05) is 0 Å². The molecule has 1 amide bonds. The molecule has 0 bridgehead atoms. The molecule has 0 aliphatic rings. The highest BCUT2D eigenvalue weighted by molar-refractivity contribution is 5.87. The molecule has 0 radical (unpaired) electrons. The predicted molar refractivity (Wildman–Crippen MR) is 75.7 cm³/mol. The van der Waals surface area contributed by atoms with E-state index in [9.17, 15) is 9.59 Å². The molecule has 1 unspecified atom stereocenters. The van der Waals surface area contributed by atoms with Crippen molar-refractivity contribution in [1.29, 1.82) is 5.26 Å². The van der Waals surface area contributed by atoms with Gasteiger partial charge in [-0.3, -0.25) is 4.79 Å². The zero-order chi connectivity index (χ0) is 15.9. The number of nitriles is 1. The summed E-state index contributed by atoms with van der Waals surface area (Å²) >= 11 is 0. The van der Waals surface area contributed by atoms with Crippen LogP contribution in [0.25, 0.3) is 0 Å². The van der Waals surface area contributed by atoms with E-state index in [1.807, 2.05) is 13.0 Å². The van der Waals surface area contributed by atoms with Crippen LogP contribution in [-0.4, -0.2) is 29.1 Å². The van der Waals surface area contributed by atoms with Crippen molar-refractivity contribution in [3.05, 3.63) is 29.8 Å². The van der Waals surface area contributed by atoms with Crippen LogP contribution in [0.3, 0.4) is 0 Å². The highest BCUT2D eigenvalue weighted by Crippen LogP contribution is 2.14. The molecule has 1 rings (SSSR count). The summed E-state index contributed by atoms with van der Waals surface area (Å²) in [7, 11) is 0. The molecule has 2 N–H and O–H groups in total. The highest BCUT2D eigenvalue weighted by atomic mass is 16.5. The van der Waals surface area contributed by atoms with Gasteiger partial charge in [0.15, 0.2) is 6.61 Å². The van der Waals surface area contributed by atoms with Gasteiger partial charge in [-0.15, -0.1) is 0 Å². The SMILES string of the molecule is CCCC(C)(NC(=O)COc1ccc(C#N)cc1)C(=O)O. The lowest BCUT2D eigenvalue weighted by Gasteiger charge is -2.25. The normalized spacial score (nSPS) is 12.8. The first-order chi connectivity index (χ1) is 9.91. The van der Waals surface area contributed by atoms with E-state index in [4.69, 9.17) is 15.1 Å². The number of aliphatic carboxylic acids is 1. The monoisotopic (exact) mass is 290 g/mol. The number of carboxylic acids is 1. The molecular weight excluding hydrogens is 272 g/mol. The first kappa shape index (κ1) is 16.5. The van der Waals surface area contributed by atoms with Crippen molar-refractivity contribution in [3.63, 3.8) is 0 Å². The van der Waals surface area contributed by atoms with Crippen LogP contribution in [0.4, 0.5) is 0 Å². The number of carbonyl (C=O) groups is 2. The number of nitrogens with one attached hydrogen (secondary N) is 1. The zero-order valence-corrected chi connectivity index (χ0v) is 12.0. The van der Waals surface area contributed by atoms with Gasteiger partial charge in [-0.05, 0) is 37.6 Å². The number of nitrogens with zero attached hydrogens (tertiary/aromatic N) is 1. The topological polar surface area (TPSA) is 99.4 Å². The van der Waals surface area contributed by atoms with Gasteiger partial charge in [-0.1, -0.05) is 13.3 Å². The number of hydrogen-bond acceptors (Lipinski definition) is 4. The van der Waals surface area contributed by atoms with Crippen LogP contribution < -0.4 is 10.1 Å². The number of carbonyl (C=O) groups excluding carboxylic acids is 1. The van der Waals surface area contributed by atoms with Crippen molar-refractivity contribution in [1.82, 2.24) is 5.32 Å².